The third-order valence-corrected chi connectivity index (χ3v) is 4.36. The van der Waals surface area contributed by atoms with E-state index in [0.29, 0.717) is 6.54 Å². The van der Waals surface area contributed by atoms with E-state index in [-0.39, 0.29) is 22.0 Å². The number of nitrogens with one attached hydrogen (secondary N) is 1. The highest BCUT2D eigenvalue weighted by Gasteiger charge is 2.17. The van der Waals surface area contributed by atoms with Crippen LogP contribution >= 0.6 is 11.6 Å². The van der Waals surface area contributed by atoms with Crippen LogP contribution in [-0.4, -0.2) is 41.0 Å². The summed E-state index contributed by atoms with van der Waals surface area (Å²) in [6.45, 7) is 0.435. The molecular formula is C11H11ClN4O4S. The molecule has 8 nitrogen and oxygen atoms in total. The summed E-state index contributed by atoms with van der Waals surface area (Å²) in [4.78, 5) is 10.7. The lowest BCUT2D eigenvalue weighted by Crippen LogP contribution is -2.27. The van der Waals surface area contributed by atoms with Crippen LogP contribution in [0.5, 0.6) is 0 Å². The predicted octanol–water partition coefficient (Wildman–Crippen LogP) is 0.608. The average molecular weight is 331 g/mol. The molecule has 0 saturated carbocycles. The van der Waals surface area contributed by atoms with Crippen molar-refractivity contribution in [3.63, 3.8) is 0 Å². The number of hydrogen-bond donors (Lipinski definition) is 2. The molecule has 0 aliphatic carbocycles. The van der Waals surface area contributed by atoms with Gasteiger partial charge in [-0.15, -0.1) is 5.10 Å². The molecule has 2 N–H and O–H groups in total. The first kappa shape index (κ1) is 15.4. The maximum absolute atomic E-state index is 12.0. The standard InChI is InChI=1S/C11H11ClN4O4S/c12-10-7-8(1-2-9(10)11(17)18)21(19,20)14-4-6-16-5-3-13-15-16/h1-3,5,7,14H,4,6H2,(H,17,18). The van der Waals surface area contributed by atoms with Gasteiger partial charge in [-0.1, -0.05) is 16.8 Å². The van der Waals surface area contributed by atoms with Crippen LogP contribution < -0.4 is 4.72 Å². The van der Waals surface area contributed by atoms with Crippen LogP contribution in [0.25, 0.3) is 0 Å². The van der Waals surface area contributed by atoms with Gasteiger partial charge in [0.1, 0.15) is 0 Å². The molecule has 0 spiro atoms. The molecule has 112 valence electrons. The summed E-state index contributed by atoms with van der Waals surface area (Å²) in [6.07, 6.45) is 3.09. The van der Waals surface area contributed by atoms with Gasteiger partial charge in [0, 0.05) is 12.7 Å². The van der Waals surface area contributed by atoms with E-state index in [9.17, 15) is 13.2 Å². The van der Waals surface area contributed by atoms with Crippen molar-refractivity contribution in [1.82, 2.24) is 19.7 Å². The second-order valence-corrected chi connectivity index (χ2v) is 6.18. The van der Waals surface area contributed by atoms with Gasteiger partial charge in [0.2, 0.25) is 10.0 Å². The lowest BCUT2D eigenvalue weighted by molar-refractivity contribution is 0.0697. The highest BCUT2D eigenvalue weighted by molar-refractivity contribution is 7.89. The minimum atomic E-state index is -3.77. The van der Waals surface area contributed by atoms with Gasteiger partial charge in [-0.05, 0) is 18.2 Å². The number of carbonyl (C=O) groups is 1. The quantitative estimate of drug-likeness (QED) is 0.802. The first-order valence-corrected chi connectivity index (χ1v) is 7.63. The van der Waals surface area contributed by atoms with Crippen LogP contribution in [0, 0.1) is 0 Å². The number of rotatable bonds is 6. The van der Waals surface area contributed by atoms with Gasteiger partial charge in [-0.3, -0.25) is 4.68 Å². The van der Waals surface area contributed by atoms with Crippen molar-refractivity contribution in [2.75, 3.05) is 6.54 Å². The topological polar surface area (TPSA) is 114 Å². The van der Waals surface area contributed by atoms with Crippen LogP contribution in [0.1, 0.15) is 10.4 Å². The molecular weight excluding hydrogens is 320 g/mol. The number of carboxylic acids is 1. The lowest BCUT2D eigenvalue weighted by atomic mass is 10.2. The summed E-state index contributed by atoms with van der Waals surface area (Å²) in [6, 6.07) is 3.44. The molecule has 0 aliphatic rings. The molecule has 21 heavy (non-hydrogen) atoms. The van der Waals surface area contributed by atoms with Gasteiger partial charge in [0.25, 0.3) is 0 Å². The average Bonchev–Trinajstić information content (AvgIpc) is 2.91. The first-order chi connectivity index (χ1) is 9.90. The van der Waals surface area contributed by atoms with Crippen LogP contribution in [0.3, 0.4) is 0 Å². The fraction of sp³-hybridized carbons (Fsp3) is 0.182. The number of benzene rings is 1. The van der Waals surface area contributed by atoms with Gasteiger partial charge in [-0.2, -0.15) is 0 Å². The molecule has 1 aromatic heterocycles. The zero-order valence-electron chi connectivity index (χ0n) is 10.6. The molecule has 2 rings (SSSR count). The summed E-state index contributed by atoms with van der Waals surface area (Å²) in [5, 5.41) is 16.0. The maximum Gasteiger partial charge on any atom is 0.337 e. The van der Waals surface area contributed by atoms with Gasteiger partial charge in [-0.25, -0.2) is 17.9 Å². The molecule has 0 amide bonds. The molecule has 0 bridgehead atoms. The molecule has 0 atom stereocenters. The maximum atomic E-state index is 12.0. The molecule has 0 aliphatic heterocycles. The van der Waals surface area contributed by atoms with E-state index in [1.54, 1.807) is 6.20 Å². The number of nitrogens with zero attached hydrogens (tertiary/aromatic N) is 3. The number of carboxylic acid groups (broad SMARTS) is 1. The Balaban J connectivity index is 2.08. The molecule has 2 aromatic rings. The molecule has 0 fully saturated rings. The molecule has 0 saturated heterocycles. The summed E-state index contributed by atoms with van der Waals surface area (Å²) in [5.41, 5.74) is -0.154. The van der Waals surface area contributed by atoms with E-state index < -0.39 is 16.0 Å². The minimum Gasteiger partial charge on any atom is -0.478 e. The van der Waals surface area contributed by atoms with Crippen LogP contribution in [0.4, 0.5) is 0 Å². The highest BCUT2D eigenvalue weighted by atomic mass is 35.5. The number of aromatic nitrogens is 3. The Labute approximate surface area is 125 Å². The fourth-order valence-electron chi connectivity index (χ4n) is 1.57. The number of sulfonamides is 1. The van der Waals surface area contributed by atoms with E-state index >= 15 is 0 Å². The Bertz CT molecular complexity index is 746. The normalized spacial score (nSPS) is 11.5. The Morgan fingerprint density at radius 2 is 2.19 bits per heavy atom. The van der Waals surface area contributed by atoms with Gasteiger partial charge >= 0.3 is 5.97 Å². The molecule has 0 radical (unpaired) electrons. The van der Waals surface area contributed by atoms with Crippen molar-refractivity contribution >= 4 is 27.6 Å². The first-order valence-electron chi connectivity index (χ1n) is 5.77. The van der Waals surface area contributed by atoms with Crippen molar-refractivity contribution in [2.24, 2.45) is 0 Å². The van der Waals surface area contributed by atoms with Gasteiger partial charge in [0.05, 0.1) is 28.2 Å². The zero-order valence-corrected chi connectivity index (χ0v) is 12.2. The molecule has 1 heterocycles. The third-order valence-electron chi connectivity index (χ3n) is 2.59. The fourth-order valence-corrected chi connectivity index (χ4v) is 2.94. The van der Waals surface area contributed by atoms with E-state index in [1.807, 2.05) is 0 Å². The van der Waals surface area contributed by atoms with Gasteiger partial charge < -0.3 is 5.11 Å². The third kappa shape index (κ3) is 3.78. The lowest BCUT2D eigenvalue weighted by Gasteiger charge is -2.08. The van der Waals surface area contributed by atoms with E-state index in [2.05, 4.69) is 15.0 Å². The minimum absolute atomic E-state index is 0.101. The SMILES string of the molecule is O=C(O)c1ccc(S(=O)(=O)NCCn2ccnn2)cc1Cl. The van der Waals surface area contributed by atoms with Crippen molar-refractivity contribution < 1.29 is 18.3 Å². The summed E-state index contributed by atoms with van der Waals surface area (Å²) < 4.78 is 27.9. The summed E-state index contributed by atoms with van der Waals surface area (Å²) >= 11 is 5.75. The molecule has 10 heteroatoms. The number of halogens is 1. The van der Waals surface area contributed by atoms with E-state index in [1.165, 1.54) is 16.9 Å². The van der Waals surface area contributed by atoms with E-state index in [0.717, 1.165) is 12.1 Å². The second-order valence-electron chi connectivity index (χ2n) is 4.01. The van der Waals surface area contributed by atoms with Crippen molar-refractivity contribution in [1.29, 1.82) is 0 Å². The predicted molar refractivity (Wildman–Crippen MR) is 73.6 cm³/mol. The Morgan fingerprint density at radius 3 is 2.76 bits per heavy atom. The van der Waals surface area contributed by atoms with Crippen molar-refractivity contribution in [3.05, 3.63) is 41.2 Å². The Morgan fingerprint density at radius 1 is 1.43 bits per heavy atom. The van der Waals surface area contributed by atoms with Crippen LogP contribution in [0.2, 0.25) is 5.02 Å². The van der Waals surface area contributed by atoms with Crippen LogP contribution in [0.15, 0.2) is 35.5 Å². The molecule has 1 aromatic carbocycles. The largest absolute Gasteiger partial charge is 0.478 e. The molecule has 0 unspecified atom stereocenters. The Hall–Kier alpha value is -1.97. The Kier molecular flexibility index (Phi) is 4.56. The van der Waals surface area contributed by atoms with Crippen molar-refractivity contribution in [2.45, 2.75) is 11.4 Å². The van der Waals surface area contributed by atoms with E-state index in [4.69, 9.17) is 16.7 Å². The van der Waals surface area contributed by atoms with Crippen molar-refractivity contribution in [3.8, 4) is 0 Å². The highest BCUT2D eigenvalue weighted by Crippen LogP contribution is 2.20. The summed E-state index contributed by atoms with van der Waals surface area (Å²) in [7, 11) is -3.77. The zero-order chi connectivity index (χ0) is 15.5. The second kappa shape index (κ2) is 6.20. The number of aromatic carboxylic acids is 1. The smallest absolute Gasteiger partial charge is 0.337 e. The monoisotopic (exact) mass is 330 g/mol. The summed E-state index contributed by atoms with van der Waals surface area (Å²) in [5.74, 6) is -1.22. The van der Waals surface area contributed by atoms with Crippen LogP contribution in [-0.2, 0) is 16.6 Å². The van der Waals surface area contributed by atoms with Gasteiger partial charge in [0.15, 0.2) is 0 Å². The number of hydrogen-bond acceptors (Lipinski definition) is 5.